The van der Waals surface area contributed by atoms with E-state index in [0.29, 0.717) is 16.6 Å². The number of aromatic nitrogens is 1. The SMILES string of the molecule is Cc1ccccc1-c1ccc(-c2ccc3c(c2)c2ccccc2n3-c2cccc3c2oc2c(B(O)O)cccc23)cc1C. The van der Waals surface area contributed by atoms with Gasteiger partial charge < -0.3 is 19.0 Å². The van der Waals surface area contributed by atoms with E-state index in [1.807, 2.05) is 24.3 Å². The Labute approximate surface area is 249 Å². The number of para-hydroxylation sites is 3. The Balaban J connectivity index is 1.33. The molecule has 2 aromatic heterocycles. The molecule has 0 unspecified atom stereocenters. The zero-order valence-electron chi connectivity index (χ0n) is 23.9. The monoisotopic (exact) mass is 557 g/mol. The summed E-state index contributed by atoms with van der Waals surface area (Å²) < 4.78 is 8.67. The summed E-state index contributed by atoms with van der Waals surface area (Å²) >= 11 is 0. The molecule has 0 atom stereocenters. The van der Waals surface area contributed by atoms with Crippen molar-refractivity contribution in [2.45, 2.75) is 13.8 Å². The summed E-state index contributed by atoms with van der Waals surface area (Å²) in [6.07, 6.45) is 0. The second kappa shape index (κ2) is 9.74. The zero-order valence-corrected chi connectivity index (χ0v) is 23.9. The molecule has 8 aromatic rings. The summed E-state index contributed by atoms with van der Waals surface area (Å²) in [6, 6.07) is 42.0. The van der Waals surface area contributed by atoms with Crippen LogP contribution in [-0.2, 0) is 0 Å². The maximum Gasteiger partial charge on any atom is 0.492 e. The van der Waals surface area contributed by atoms with E-state index in [4.69, 9.17) is 4.42 Å². The summed E-state index contributed by atoms with van der Waals surface area (Å²) in [5.74, 6) is 0. The largest absolute Gasteiger partial charge is 0.492 e. The highest BCUT2D eigenvalue weighted by Crippen LogP contribution is 2.39. The number of rotatable bonds is 4. The second-order valence-electron chi connectivity index (χ2n) is 11.3. The van der Waals surface area contributed by atoms with Gasteiger partial charge in [0.05, 0.1) is 16.7 Å². The molecule has 0 saturated carbocycles. The van der Waals surface area contributed by atoms with Crippen LogP contribution in [0.5, 0.6) is 0 Å². The molecule has 0 aliphatic carbocycles. The molecule has 0 aliphatic heterocycles. The van der Waals surface area contributed by atoms with E-state index in [-0.39, 0.29) is 0 Å². The number of hydrogen-bond donors (Lipinski definition) is 2. The predicted octanol–water partition coefficient (Wildman–Crippen LogP) is 8.31. The highest BCUT2D eigenvalue weighted by molar-refractivity contribution is 6.61. The van der Waals surface area contributed by atoms with Gasteiger partial charge in [-0.3, -0.25) is 0 Å². The van der Waals surface area contributed by atoms with Crippen LogP contribution >= 0.6 is 0 Å². The number of hydrogen-bond acceptors (Lipinski definition) is 3. The predicted molar refractivity (Wildman–Crippen MR) is 178 cm³/mol. The molecule has 206 valence electrons. The van der Waals surface area contributed by atoms with Gasteiger partial charge in [-0.1, -0.05) is 97.1 Å². The molecular weight excluding hydrogens is 529 g/mol. The van der Waals surface area contributed by atoms with Gasteiger partial charge >= 0.3 is 7.12 Å². The van der Waals surface area contributed by atoms with E-state index >= 15 is 0 Å². The summed E-state index contributed by atoms with van der Waals surface area (Å²) in [5.41, 5.74) is 12.0. The van der Waals surface area contributed by atoms with Crippen molar-refractivity contribution in [2.75, 3.05) is 0 Å². The highest BCUT2D eigenvalue weighted by atomic mass is 16.4. The first kappa shape index (κ1) is 25.6. The van der Waals surface area contributed by atoms with Crippen molar-refractivity contribution >= 4 is 56.3 Å². The number of fused-ring (bicyclic) bond motifs is 6. The highest BCUT2D eigenvalue weighted by Gasteiger charge is 2.22. The second-order valence-corrected chi connectivity index (χ2v) is 11.3. The van der Waals surface area contributed by atoms with Gasteiger partial charge in [0.1, 0.15) is 5.58 Å². The van der Waals surface area contributed by atoms with Crippen molar-refractivity contribution in [2.24, 2.45) is 0 Å². The zero-order chi connectivity index (χ0) is 29.2. The lowest BCUT2D eigenvalue weighted by atomic mass is 9.79. The van der Waals surface area contributed by atoms with Crippen LogP contribution in [0.25, 0.3) is 71.7 Å². The molecule has 43 heavy (non-hydrogen) atoms. The topological polar surface area (TPSA) is 58.5 Å². The fourth-order valence-corrected chi connectivity index (χ4v) is 6.64. The fourth-order valence-electron chi connectivity index (χ4n) is 6.64. The summed E-state index contributed by atoms with van der Waals surface area (Å²) in [6.45, 7) is 4.35. The number of furan rings is 1. The summed E-state index contributed by atoms with van der Waals surface area (Å²) in [7, 11) is -1.62. The third-order valence-electron chi connectivity index (χ3n) is 8.72. The molecule has 0 saturated heterocycles. The van der Waals surface area contributed by atoms with E-state index in [9.17, 15) is 10.0 Å². The molecule has 8 rings (SSSR count). The van der Waals surface area contributed by atoms with Crippen molar-refractivity contribution in [1.29, 1.82) is 0 Å². The van der Waals surface area contributed by atoms with Gasteiger partial charge in [-0.15, -0.1) is 0 Å². The Hall–Kier alpha value is -5.10. The Morgan fingerprint density at radius 2 is 1.19 bits per heavy atom. The van der Waals surface area contributed by atoms with E-state index in [2.05, 4.69) is 109 Å². The molecular formula is C38H28BNO3. The fraction of sp³-hybridized carbons (Fsp3) is 0.0526. The minimum absolute atomic E-state index is 0.357. The van der Waals surface area contributed by atoms with Crippen LogP contribution in [0.15, 0.2) is 126 Å². The van der Waals surface area contributed by atoms with Gasteiger partial charge in [0.25, 0.3) is 0 Å². The molecule has 5 heteroatoms. The Kier molecular flexibility index (Phi) is 5.80. The Morgan fingerprint density at radius 1 is 0.535 bits per heavy atom. The van der Waals surface area contributed by atoms with Crippen LogP contribution in [0.2, 0.25) is 0 Å². The van der Waals surface area contributed by atoms with Crippen molar-refractivity contribution in [1.82, 2.24) is 4.57 Å². The maximum absolute atomic E-state index is 10.00. The molecule has 6 aromatic carbocycles. The molecule has 0 fully saturated rings. The number of nitrogens with zero attached hydrogens (tertiary/aromatic N) is 1. The molecule has 2 N–H and O–H groups in total. The lowest BCUT2D eigenvalue weighted by molar-refractivity contribution is 0.425. The summed E-state index contributed by atoms with van der Waals surface area (Å²) in [4.78, 5) is 0. The van der Waals surface area contributed by atoms with Crippen molar-refractivity contribution in [3.05, 3.63) is 132 Å². The van der Waals surface area contributed by atoms with Crippen LogP contribution < -0.4 is 5.46 Å². The van der Waals surface area contributed by atoms with E-state index in [0.717, 1.165) is 38.3 Å². The van der Waals surface area contributed by atoms with Crippen molar-refractivity contribution in [3.63, 3.8) is 0 Å². The molecule has 0 radical (unpaired) electrons. The van der Waals surface area contributed by atoms with Crippen LogP contribution in [0.1, 0.15) is 11.1 Å². The van der Waals surface area contributed by atoms with Crippen LogP contribution in [0.4, 0.5) is 0 Å². The third kappa shape index (κ3) is 3.93. The van der Waals surface area contributed by atoms with Crippen molar-refractivity contribution < 1.29 is 14.5 Å². The molecule has 4 nitrogen and oxygen atoms in total. The quantitative estimate of drug-likeness (QED) is 0.214. The van der Waals surface area contributed by atoms with Gasteiger partial charge in [0.2, 0.25) is 0 Å². The minimum Gasteiger partial charge on any atom is -0.454 e. The van der Waals surface area contributed by atoms with Gasteiger partial charge in [0.15, 0.2) is 5.58 Å². The molecule has 0 amide bonds. The van der Waals surface area contributed by atoms with Gasteiger partial charge in [0, 0.05) is 27.0 Å². The first-order valence-electron chi connectivity index (χ1n) is 14.5. The van der Waals surface area contributed by atoms with Gasteiger partial charge in [-0.25, -0.2) is 0 Å². The third-order valence-corrected chi connectivity index (χ3v) is 8.72. The molecule has 0 spiro atoms. The smallest absolute Gasteiger partial charge is 0.454 e. The molecule has 2 heterocycles. The van der Waals surface area contributed by atoms with E-state index < -0.39 is 7.12 Å². The molecule has 0 aliphatic rings. The van der Waals surface area contributed by atoms with Gasteiger partial charge in [-0.2, -0.15) is 0 Å². The van der Waals surface area contributed by atoms with E-state index in [1.165, 1.54) is 33.4 Å². The van der Waals surface area contributed by atoms with E-state index in [1.54, 1.807) is 6.07 Å². The summed E-state index contributed by atoms with van der Waals surface area (Å²) in [5, 5.41) is 24.1. The van der Waals surface area contributed by atoms with Crippen LogP contribution in [0.3, 0.4) is 0 Å². The standard InChI is InChI=1S/C38H28BNO3/c1-23-9-3-4-10-27(23)28-19-17-25(21-24(28)2)26-18-20-35-32(22-26)29-11-5-6-15-34(29)40(35)36-16-8-13-31-30-12-7-14-33(39(41)42)37(30)43-38(31)36/h3-22,41-42H,1-2H3. The Bertz CT molecular complexity index is 2360. The average molecular weight is 557 g/mol. The van der Waals surface area contributed by atoms with Crippen LogP contribution in [-0.4, -0.2) is 21.7 Å². The Morgan fingerprint density at radius 3 is 2.00 bits per heavy atom. The molecule has 0 bridgehead atoms. The normalized spacial score (nSPS) is 11.7. The lowest BCUT2D eigenvalue weighted by Crippen LogP contribution is -2.29. The minimum atomic E-state index is -1.62. The average Bonchev–Trinajstić information content (AvgIpc) is 3.57. The lowest BCUT2D eigenvalue weighted by Gasteiger charge is -2.12. The first-order valence-corrected chi connectivity index (χ1v) is 14.5. The van der Waals surface area contributed by atoms with Gasteiger partial charge in [-0.05, 0) is 71.5 Å². The van der Waals surface area contributed by atoms with Crippen LogP contribution in [0, 0.1) is 13.8 Å². The van der Waals surface area contributed by atoms with Crippen molar-refractivity contribution in [3.8, 4) is 27.9 Å². The number of benzene rings is 6. The maximum atomic E-state index is 10.00. The first-order chi connectivity index (χ1) is 21.0. The number of aryl methyl sites for hydroxylation is 2.